The van der Waals surface area contributed by atoms with E-state index in [2.05, 4.69) is 26.5 Å². The highest BCUT2D eigenvalue weighted by Crippen LogP contribution is 2.37. The van der Waals surface area contributed by atoms with Gasteiger partial charge in [-0.2, -0.15) is 13.2 Å². The number of nitrogens with one attached hydrogen (secondary N) is 1. The van der Waals surface area contributed by atoms with Gasteiger partial charge in [-0.1, -0.05) is 35.9 Å². The molecule has 0 amide bonds. The fourth-order valence-electron chi connectivity index (χ4n) is 2.96. The first-order valence-electron chi connectivity index (χ1n) is 10.4. The molecule has 1 aromatic carbocycles. The van der Waals surface area contributed by atoms with Crippen molar-refractivity contribution in [3.8, 4) is 22.8 Å². The summed E-state index contributed by atoms with van der Waals surface area (Å²) in [6.45, 7) is 4.27. The molecule has 3 rings (SSSR count). The van der Waals surface area contributed by atoms with Crippen LogP contribution in [0, 0.1) is 0 Å². The number of ether oxygens (including phenoxy) is 3. The highest BCUT2D eigenvalue weighted by atomic mass is 35.5. The van der Waals surface area contributed by atoms with Crippen LogP contribution in [0.25, 0.3) is 16.8 Å². The third kappa shape index (κ3) is 7.09. The average molecular weight is 541 g/mol. The highest BCUT2D eigenvalue weighted by Gasteiger charge is 2.30. The summed E-state index contributed by atoms with van der Waals surface area (Å²) in [6.07, 6.45) is -0.668. The van der Waals surface area contributed by atoms with Crippen molar-refractivity contribution in [3.05, 3.63) is 77.6 Å². The summed E-state index contributed by atoms with van der Waals surface area (Å²) in [7, 11) is 1.55. The molecule has 0 unspecified atom stereocenters. The van der Waals surface area contributed by atoms with Gasteiger partial charge in [-0.15, -0.1) is 0 Å². The van der Waals surface area contributed by atoms with E-state index in [9.17, 15) is 13.2 Å². The molecule has 0 atom stereocenters. The Morgan fingerprint density at radius 3 is 2.64 bits per heavy atom. The largest absolute Gasteiger partial charge is 0.490 e. The smallest absolute Gasteiger partial charge is 0.417 e. The number of aliphatic imine (C=N–C) groups is 1. The zero-order chi connectivity index (χ0) is 26.1. The van der Waals surface area contributed by atoms with Crippen molar-refractivity contribution in [1.29, 1.82) is 0 Å². The molecule has 0 aliphatic rings. The van der Waals surface area contributed by atoms with Crippen LogP contribution in [0.1, 0.15) is 17.1 Å². The SMILES string of the molecule is C=C/C(=C\N=CCl)c1nc(-c2ccc(OCc3ccc(C(F)(F)F)cn3)cc2OCCOC)c(Cl)[nH]1. The second-order valence-corrected chi connectivity index (χ2v) is 7.68. The molecule has 0 saturated carbocycles. The Hall–Kier alpha value is -3.34. The number of nitrogens with zero attached hydrogens (tertiary/aromatic N) is 3. The average Bonchev–Trinajstić information content (AvgIpc) is 3.24. The van der Waals surface area contributed by atoms with Gasteiger partial charge < -0.3 is 19.2 Å². The van der Waals surface area contributed by atoms with Crippen LogP contribution in [0.15, 0.2) is 60.4 Å². The van der Waals surface area contributed by atoms with Gasteiger partial charge in [-0.25, -0.2) is 4.98 Å². The molecule has 0 aliphatic carbocycles. The number of allylic oxidation sites excluding steroid dienone is 2. The van der Waals surface area contributed by atoms with E-state index < -0.39 is 11.7 Å². The Kier molecular flexibility index (Phi) is 9.51. The van der Waals surface area contributed by atoms with E-state index in [0.717, 1.165) is 17.9 Å². The van der Waals surface area contributed by atoms with Gasteiger partial charge in [-0.3, -0.25) is 9.98 Å². The zero-order valence-corrected chi connectivity index (χ0v) is 20.5. The second kappa shape index (κ2) is 12.6. The third-order valence-corrected chi connectivity index (χ3v) is 5.10. The standard InChI is InChI=1S/C24H21Cl2F3N4O3/c1-3-15(11-30-14-25)23-32-21(22(26)33-23)19-7-6-18(10-20(19)35-9-8-34-2)36-13-17-5-4-16(12-31-17)24(27,28)29/h3-7,10-12,14H,1,8-9,13H2,2H3,(H,32,33)/b15-11+,30-14?. The first kappa shape index (κ1) is 27.3. The number of aromatic amines is 1. The maximum atomic E-state index is 12.7. The highest BCUT2D eigenvalue weighted by molar-refractivity contribution is 6.56. The summed E-state index contributed by atoms with van der Waals surface area (Å²) in [5.41, 5.74) is 2.16. The summed E-state index contributed by atoms with van der Waals surface area (Å²) >= 11 is 11.9. The fourth-order valence-corrected chi connectivity index (χ4v) is 3.25. The summed E-state index contributed by atoms with van der Waals surface area (Å²) in [5.74, 6) is 1.24. The van der Waals surface area contributed by atoms with Crippen LogP contribution >= 0.6 is 23.2 Å². The number of rotatable bonds is 11. The number of imidazole rings is 1. The Morgan fingerprint density at radius 1 is 1.19 bits per heavy atom. The number of hydrogen-bond acceptors (Lipinski definition) is 6. The number of methoxy groups -OCH3 is 1. The van der Waals surface area contributed by atoms with Gasteiger partial charge >= 0.3 is 6.18 Å². The first-order chi connectivity index (χ1) is 17.3. The van der Waals surface area contributed by atoms with Gasteiger partial charge in [0.15, 0.2) is 0 Å². The number of benzene rings is 1. The van der Waals surface area contributed by atoms with Crippen molar-refractivity contribution in [1.82, 2.24) is 15.0 Å². The van der Waals surface area contributed by atoms with Crippen molar-refractivity contribution in [2.45, 2.75) is 12.8 Å². The number of H-pyrrole nitrogens is 1. The van der Waals surface area contributed by atoms with Gasteiger partial charge in [0.1, 0.15) is 41.4 Å². The summed E-state index contributed by atoms with van der Waals surface area (Å²) in [4.78, 5) is 15.2. The van der Waals surface area contributed by atoms with Gasteiger partial charge in [0.25, 0.3) is 0 Å². The van der Waals surface area contributed by atoms with Gasteiger partial charge in [-0.05, 0) is 24.3 Å². The monoisotopic (exact) mass is 540 g/mol. The molecular weight excluding hydrogens is 520 g/mol. The van der Waals surface area contributed by atoms with Gasteiger partial charge in [0.2, 0.25) is 0 Å². The summed E-state index contributed by atoms with van der Waals surface area (Å²) in [5, 5.41) is 0.256. The van der Waals surface area contributed by atoms with E-state index in [1.165, 1.54) is 12.3 Å². The molecule has 3 aromatic rings. The Morgan fingerprint density at radius 2 is 2.00 bits per heavy atom. The fraction of sp³-hybridized carbons (Fsp3) is 0.208. The third-order valence-electron chi connectivity index (χ3n) is 4.71. The van der Waals surface area contributed by atoms with Gasteiger partial charge in [0.05, 0.1) is 23.5 Å². The Labute approximate surface area is 215 Å². The van der Waals surface area contributed by atoms with E-state index in [1.54, 1.807) is 31.4 Å². The lowest BCUT2D eigenvalue weighted by Gasteiger charge is -2.13. The predicted octanol–water partition coefficient (Wildman–Crippen LogP) is 6.54. The van der Waals surface area contributed by atoms with Crippen molar-refractivity contribution in [2.24, 2.45) is 4.99 Å². The number of pyridine rings is 1. The molecular formula is C24H21Cl2F3N4O3. The van der Waals surface area contributed by atoms with E-state index in [1.807, 2.05) is 0 Å². The molecule has 0 radical (unpaired) electrons. The molecule has 0 aliphatic heterocycles. The zero-order valence-electron chi connectivity index (χ0n) is 19.0. The van der Waals surface area contributed by atoms with E-state index in [0.29, 0.717) is 46.5 Å². The number of halogens is 5. The van der Waals surface area contributed by atoms with Crippen LogP contribution in [-0.2, 0) is 17.5 Å². The van der Waals surface area contributed by atoms with E-state index in [-0.39, 0.29) is 18.4 Å². The summed E-state index contributed by atoms with van der Waals surface area (Å²) < 4.78 is 54.9. The Bertz CT molecular complexity index is 1240. The molecule has 36 heavy (non-hydrogen) atoms. The minimum absolute atomic E-state index is 0.0448. The maximum absolute atomic E-state index is 12.7. The molecule has 7 nitrogen and oxygen atoms in total. The van der Waals surface area contributed by atoms with Crippen molar-refractivity contribution in [3.63, 3.8) is 0 Å². The number of alkyl halides is 3. The lowest BCUT2D eigenvalue weighted by atomic mass is 10.1. The molecule has 0 spiro atoms. The Balaban J connectivity index is 1.86. The van der Waals surface area contributed by atoms with Crippen LogP contribution in [0.5, 0.6) is 11.5 Å². The minimum Gasteiger partial charge on any atom is -0.490 e. The topological polar surface area (TPSA) is 81.6 Å². The van der Waals surface area contributed by atoms with Crippen LogP contribution in [0.3, 0.4) is 0 Å². The molecule has 12 heteroatoms. The van der Waals surface area contributed by atoms with Crippen LogP contribution < -0.4 is 9.47 Å². The molecule has 1 N–H and O–H groups in total. The normalized spacial score (nSPS) is 12.2. The maximum Gasteiger partial charge on any atom is 0.417 e. The molecule has 0 saturated heterocycles. The van der Waals surface area contributed by atoms with E-state index >= 15 is 0 Å². The first-order valence-corrected chi connectivity index (χ1v) is 11.2. The molecule has 190 valence electrons. The molecule has 2 heterocycles. The number of aromatic nitrogens is 3. The minimum atomic E-state index is -4.45. The summed E-state index contributed by atoms with van der Waals surface area (Å²) in [6, 6.07) is 7.21. The molecule has 0 bridgehead atoms. The molecule has 2 aromatic heterocycles. The second-order valence-electron chi connectivity index (χ2n) is 7.11. The van der Waals surface area contributed by atoms with E-state index in [4.69, 9.17) is 37.4 Å². The van der Waals surface area contributed by atoms with Crippen molar-refractivity contribution >= 4 is 34.4 Å². The van der Waals surface area contributed by atoms with Crippen LogP contribution in [-0.4, -0.2) is 40.9 Å². The van der Waals surface area contributed by atoms with Gasteiger partial charge in [0, 0.05) is 36.7 Å². The predicted molar refractivity (Wildman–Crippen MR) is 132 cm³/mol. The molecule has 0 fully saturated rings. The lowest BCUT2D eigenvalue weighted by molar-refractivity contribution is -0.137. The van der Waals surface area contributed by atoms with Crippen molar-refractivity contribution < 1.29 is 27.4 Å². The quantitative estimate of drug-likeness (QED) is 0.169. The van der Waals surface area contributed by atoms with Crippen LogP contribution in [0.4, 0.5) is 13.2 Å². The lowest BCUT2D eigenvalue weighted by Crippen LogP contribution is -2.07. The van der Waals surface area contributed by atoms with Crippen molar-refractivity contribution in [2.75, 3.05) is 20.3 Å². The number of hydrogen-bond donors (Lipinski definition) is 1. The van der Waals surface area contributed by atoms with Crippen LogP contribution in [0.2, 0.25) is 5.15 Å².